The van der Waals surface area contributed by atoms with E-state index in [1.165, 1.54) is 12.6 Å². The van der Waals surface area contributed by atoms with Crippen LogP contribution in [0.5, 0.6) is 0 Å². The lowest BCUT2D eigenvalue weighted by Gasteiger charge is -2.37. The summed E-state index contributed by atoms with van der Waals surface area (Å²) in [6.45, 7) is 0.640. The largest absolute Gasteiger partial charge is 0.337 e. The van der Waals surface area contributed by atoms with Crippen LogP contribution in [0.15, 0.2) is 6.20 Å². The summed E-state index contributed by atoms with van der Waals surface area (Å²) in [6.07, 6.45) is 5.97. The maximum atomic E-state index is 12.1. The number of amides is 1. The molecule has 1 amide bonds. The first-order valence-corrected chi connectivity index (χ1v) is 6.07. The zero-order valence-corrected chi connectivity index (χ0v) is 10.1. The third kappa shape index (κ3) is 2.46. The summed E-state index contributed by atoms with van der Waals surface area (Å²) in [5, 5.41) is 9.95. The fourth-order valence-electron chi connectivity index (χ4n) is 2.61. The highest BCUT2D eigenvalue weighted by atomic mass is 16.2. The minimum Gasteiger partial charge on any atom is -0.337 e. The Bertz CT molecular complexity index is 364. The molecule has 0 radical (unpaired) electrons. The van der Waals surface area contributed by atoms with Gasteiger partial charge in [-0.25, -0.2) is 0 Å². The molecule has 0 saturated heterocycles. The van der Waals surface area contributed by atoms with Crippen LogP contribution in [-0.2, 0) is 0 Å². The zero-order chi connectivity index (χ0) is 12.3. The molecule has 1 heterocycles. The van der Waals surface area contributed by atoms with E-state index in [4.69, 9.17) is 5.73 Å². The zero-order valence-electron chi connectivity index (χ0n) is 10.1. The van der Waals surface area contributed by atoms with Crippen molar-refractivity contribution in [3.63, 3.8) is 0 Å². The molecule has 1 aromatic rings. The second-order valence-electron chi connectivity index (χ2n) is 4.62. The Morgan fingerprint density at radius 3 is 3.00 bits per heavy atom. The van der Waals surface area contributed by atoms with E-state index in [0.29, 0.717) is 18.2 Å². The molecule has 17 heavy (non-hydrogen) atoms. The monoisotopic (exact) mass is 237 g/mol. The lowest BCUT2D eigenvalue weighted by Crippen LogP contribution is -2.46. The lowest BCUT2D eigenvalue weighted by molar-refractivity contribution is 0.0614. The molecule has 0 aromatic carbocycles. The number of aromatic amines is 1. The molecule has 1 aliphatic carbocycles. The van der Waals surface area contributed by atoms with Crippen molar-refractivity contribution in [2.24, 2.45) is 11.7 Å². The SMILES string of the molecule is CN(C(=O)c1cn[nH]n1)C1CCCCC1CN. The van der Waals surface area contributed by atoms with Gasteiger partial charge in [0.05, 0.1) is 6.20 Å². The van der Waals surface area contributed by atoms with Crippen molar-refractivity contribution in [1.29, 1.82) is 0 Å². The highest BCUT2D eigenvalue weighted by Gasteiger charge is 2.30. The van der Waals surface area contributed by atoms with Crippen molar-refractivity contribution in [2.45, 2.75) is 31.7 Å². The molecule has 0 bridgehead atoms. The number of aromatic nitrogens is 3. The summed E-state index contributed by atoms with van der Waals surface area (Å²) in [7, 11) is 1.83. The summed E-state index contributed by atoms with van der Waals surface area (Å²) in [5.41, 5.74) is 6.15. The van der Waals surface area contributed by atoms with Crippen LogP contribution in [-0.4, -0.2) is 45.9 Å². The number of rotatable bonds is 3. The van der Waals surface area contributed by atoms with Gasteiger partial charge in [0.2, 0.25) is 0 Å². The Labute approximate surface area is 101 Å². The first-order valence-electron chi connectivity index (χ1n) is 6.07. The summed E-state index contributed by atoms with van der Waals surface area (Å²) < 4.78 is 0. The molecule has 0 aliphatic heterocycles. The standard InChI is InChI=1S/C11H19N5O/c1-16(11(17)9-7-13-15-14-9)10-5-3-2-4-8(10)6-12/h7-8,10H,2-6,12H2,1H3,(H,13,14,15). The highest BCUT2D eigenvalue weighted by molar-refractivity contribution is 5.91. The van der Waals surface area contributed by atoms with Crippen LogP contribution in [0, 0.1) is 5.92 Å². The van der Waals surface area contributed by atoms with E-state index >= 15 is 0 Å². The quantitative estimate of drug-likeness (QED) is 0.796. The average molecular weight is 237 g/mol. The maximum Gasteiger partial charge on any atom is 0.276 e. The third-order valence-electron chi connectivity index (χ3n) is 3.62. The van der Waals surface area contributed by atoms with Crippen LogP contribution in [0.4, 0.5) is 0 Å². The minimum atomic E-state index is -0.0795. The van der Waals surface area contributed by atoms with Crippen LogP contribution in [0.1, 0.15) is 36.2 Å². The van der Waals surface area contributed by atoms with Crippen molar-refractivity contribution >= 4 is 5.91 Å². The topological polar surface area (TPSA) is 87.9 Å². The van der Waals surface area contributed by atoms with Crippen LogP contribution in [0.3, 0.4) is 0 Å². The van der Waals surface area contributed by atoms with Gasteiger partial charge in [0, 0.05) is 13.1 Å². The van der Waals surface area contributed by atoms with Gasteiger partial charge in [-0.15, -0.1) is 0 Å². The number of nitrogens with one attached hydrogen (secondary N) is 1. The average Bonchev–Trinajstić information content (AvgIpc) is 2.90. The first-order chi connectivity index (χ1) is 8.24. The number of H-pyrrole nitrogens is 1. The molecule has 94 valence electrons. The van der Waals surface area contributed by atoms with Gasteiger partial charge in [0.25, 0.3) is 5.91 Å². The predicted molar refractivity (Wildman–Crippen MR) is 63.3 cm³/mol. The third-order valence-corrected chi connectivity index (χ3v) is 3.62. The lowest BCUT2D eigenvalue weighted by atomic mass is 9.83. The van der Waals surface area contributed by atoms with Gasteiger partial charge in [-0.2, -0.15) is 15.4 Å². The number of hydrogen-bond acceptors (Lipinski definition) is 4. The van der Waals surface area contributed by atoms with Crippen molar-refractivity contribution in [2.75, 3.05) is 13.6 Å². The Hall–Kier alpha value is -1.43. The predicted octanol–water partition coefficient (Wildman–Crippen LogP) is 0.394. The first kappa shape index (κ1) is 12.0. The van der Waals surface area contributed by atoms with Crippen LogP contribution >= 0.6 is 0 Å². The Morgan fingerprint density at radius 1 is 1.59 bits per heavy atom. The molecule has 1 saturated carbocycles. The number of nitrogens with two attached hydrogens (primary N) is 1. The van der Waals surface area contributed by atoms with Crippen LogP contribution in [0.2, 0.25) is 0 Å². The van der Waals surface area contributed by atoms with Crippen molar-refractivity contribution in [1.82, 2.24) is 20.3 Å². The molecule has 0 spiro atoms. The highest BCUT2D eigenvalue weighted by Crippen LogP contribution is 2.27. The smallest absolute Gasteiger partial charge is 0.276 e. The minimum absolute atomic E-state index is 0.0795. The fraction of sp³-hybridized carbons (Fsp3) is 0.727. The van der Waals surface area contributed by atoms with Gasteiger partial charge in [-0.1, -0.05) is 12.8 Å². The molecule has 1 fully saturated rings. The number of nitrogens with zero attached hydrogens (tertiary/aromatic N) is 3. The molecule has 3 N–H and O–H groups in total. The number of carbonyl (C=O) groups excluding carboxylic acids is 1. The van der Waals surface area contributed by atoms with E-state index in [-0.39, 0.29) is 11.9 Å². The van der Waals surface area contributed by atoms with E-state index in [9.17, 15) is 4.79 Å². The van der Waals surface area contributed by atoms with E-state index < -0.39 is 0 Å². The van der Waals surface area contributed by atoms with Gasteiger partial charge >= 0.3 is 0 Å². The fourth-order valence-corrected chi connectivity index (χ4v) is 2.61. The molecular weight excluding hydrogens is 218 g/mol. The molecule has 1 aliphatic rings. The van der Waals surface area contributed by atoms with E-state index in [0.717, 1.165) is 19.3 Å². The van der Waals surface area contributed by atoms with Crippen LogP contribution in [0.25, 0.3) is 0 Å². The van der Waals surface area contributed by atoms with Crippen molar-refractivity contribution in [3.8, 4) is 0 Å². The Morgan fingerprint density at radius 2 is 2.35 bits per heavy atom. The van der Waals surface area contributed by atoms with Gasteiger partial charge in [0.15, 0.2) is 5.69 Å². The molecule has 1 aromatic heterocycles. The normalized spacial score (nSPS) is 24.6. The van der Waals surface area contributed by atoms with Gasteiger partial charge in [0.1, 0.15) is 0 Å². The number of carbonyl (C=O) groups is 1. The summed E-state index contributed by atoms with van der Waals surface area (Å²) >= 11 is 0. The van der Waals surface area contributed by atoms with E-state index in [1.54, 1.807) is 4.90 Å². The van der Waals surface area contributed by atoms with Gasteiger partial charge in [-0.3, -0.25) is 4.79 Å². The van der Waals surface area contributed by atoms with Crippen LogP contribution < -0.4 is 5.73 Å². The second-order valence-corrected chi connectivity index (χ2v) is 4.62. The second kappa shape index (κ2) is 5.27. The molecule has 2 unspecified atom stereocenters. The Kier molecular flexibility index (Phi) is 3.73. The molecule has 6 nitrogen and oxygen atoms in total. The maximum absolute atomic E-state index is 12.1. The number of hydrogen-bond donors (Lipinski definition) is 2. The molecule has 2 rings (SSSR count). The van der Waals surface area contributed by atoms with Gasteiger partial charge in [-0.05, 0) is 25.3 Å². The molecule has 6 heteroatoms. The molecule has 2 atom stereocenters. The van der Waals surface area contributed by atoms with E-state index in [1.807, 2.05) is 7.05 Å². The van der Waals surface area contributed by atoms with Gasteiger partial charge < -0.3 is 10.6 Å². The van der Waals surface area contributed by atoms with Crippen molar-refractivity contribution < 1.29 is 4.79 Å². The summed E-state index contributed by atoms with van der Waals surface area (Å²) in [6, 6.07) is 0.234. The van der Waals surface area contributed by atoms with Crippen molar-refractivity contribution in [3.05, 3.63) is 11.9 Å². The van der Waals surface area contributed by atoms with E-state index in [2.05, 4.69) is 15.4 Å². The molecular formula is C11H19N5O. The summed E-state index contributed by atoms with van der Waals surface area (Å²) in [4.78, 5) is 13.9. The summed E-state index contributed by atoms with van der Waals surface area (Å²) in [5.74, 6) is 0.328. The Balaban J connectivity index is 2.07.